The van der Waals surface area contributed by atoms with Crippen LogP contribution in [0.1, 0.15) is 57.2 Å². The zero-order valence-electron chi connectivity index (χ0n) is 23.8. The van der Waals surface area contributed by atoms with E-state index in [9.17, 15) is 0 Å². The van der Waals surface area contributed by atoms with Crippen molar-refractivity contribution in [2.75, 3.05) is 19.0 Å². The maximum Gasteiger partial charge on any atom is 0.0460 e. The summed E-state index contributed by atoms with van der Waals surface area (Å²) in [5.41, 5.74) is 11.3. The Hall–Kier alpha value is -3.72. The Kier molecular flexibility index (Phi) is 8.70. The third kappa shape index (κ3) is 6.95. The van der Waals surface area contributed by atoms with E-state index in [2.05, 4.69) is 136 Å². The van der Waals surface area contributed by atoms with Crippen LogP contribution in [0.5, 0.6) is 0 Å². The van der Waals surface area contributed by atoms with E-state index in [1.165, 1.54) is 22.5 Å². The summed E-state index contributed by atoms with van der Waals surface area (Å²) in [4.78, 5) is 4.28. The van der Waals surface area contributed by atoms with Gasteiger partial charge in [-0.1, -0.05) is 89.1 Å². The van der Waals surface area contributed by atoms with Crippen molar-refractivity contribution < 1.29 is 0 Å². The quantitative estimate of drug-likeness (QED) is 0.353. The van der Waals surface area contributed by atoms with Crippen molar-refractivity contribution in [3.8, 4) is 0 Å². The molecule has 0 aromatic heterocycles. The Morgan fingerprint density at radius 1 is 0.892 bits per heavy atom. The summed E-state index contributed by atoms with van der Waals surface area (Å²) in [5.74, 6) is 0. The molecule has 0 saturated carbocycles. The van der Waals surface area contributed by atoms with E-state index in [1.54, 1.807) is 0 Å². The molecule has 0 bridgehead atoms. The third-order valence-electron chi connectivity index (χ3n) is 7.12. The first-order chi connectivity index (χ1) is 17.4. The number of hydrogen-bond donors (Lipinski definition) is 1. The van der Waals surface area contributed by atoms with Gasteiger partial charge in [0.15, 0.2) is 0 Å². The normalized spacial score (nSPS) is 13.9. The highest BCUT2D eigenvalue weighted by Gasteiger charge is 2.17. The average Bonchev–Trinajstić information content (AvgIpc) is 2.87. The molecule has 1 N–H and O–H groups in total. The average molecular weight is 494 g/mol. The van der Waals surface area contributed by atoms with Gasteiger partial charge >= 0.3 is 0 Å². The molecule has 0 radical (unpaired) electrons. The van der Waals surface area contributed by atoms with Crippen molar-refractivity contribution in [1.29, 1.82) is 0 Å². The first kappa shape index (κ1) is 27.9. The van der Waals surface area contributed by atoms with Crippen LogP contribution in [-0.2, 0) is 0 Å². The van der Waals surface area contributed by atoms with Crippen LogP contribution in [0.25, 0.3) is 11.4 Å². The second-order valence-electron chi connectivity index (χ2n) is 11.0. The van der Waals surface area contributed by atoms with Crippen LogP contribution in [0.3, 0.4) is 0 Å². The summed E-state index contributed by atoms with van der Waals surface area (Å²) in [6.45, 7) is 23.5. The maximum absolute atomic E-state index is 4.38. The number of rotatable bonds is 9. The van der Waals surface area contributed by atoms with Gasteiger partial charge in [0.1, 0.15) is 0 Å². The van der Waals surface area contributed by atoms with E-state index in [0.29, 0.717) is 0 Å². The standard InChI is InChI=1S/C34H43N3/c1-24(2)36(9)30-19-15-28(16-20-30)27(5)37(10)31-21-17-29(18-22-31)35-33(23-26(4)34(6,7)8)32-14-12-11-13-25(32)3/h11-17,19-20,22-23,35H,1,4-5,18,21H2,2-3,6-10H3/b33-23+. The van der Waals surface area contributed by atoms with Crippen molar-refractivity contribution in [2.45, 2.75) is 47.5 Å². The molecular weight excluding hydrogens is 450 g/mol. The van der Waals surface area contributed by atoms with Crippen LogP contribution in [-0.4, -0.2) is 19.0 Å². The molecule has 0 saturated heterocycles. The highest BCUT2D eigenvalue weighted by atomic mass is 15.1. The molecule has 0 unspecified atom stereocenters. The highest BCUT2D eigenvalue weighted by Crippen LogP contribution is 2.31. The Labute approximate surface area is 224 Å². The molecule has 0 atom stereocenters. The number of nitrogens with zero attached hydrogens (tertiary/aromatic N) is 2. The molecule has 3 rings (SSSR count). The number of aryl methyl sites for hydroxylation is 1. The van der Waals surface area contributed by atoms with E-state index in [0.717, 1.165) is 46.8 Å². The highest BCUT2D eigenvalue weighted by molar-refractivity contribution is 5.71. The van der Waals surface area contributed by atoms with Crippen molar-refractivity contribution in [3.05, 3.63) is 126 Å². The minimum absolute atomic E-state index is 0.00480. The Balaban J connectivity index is 1.73. The number of benzene rings is 2. The van der Waals surface area contributed by atoms with Gasteiger partial charge in [0, 0.05) is 66.7 Å². The number of hydrogen-bond acceptors (Lipinski definition) is 3. The van der Waals surface area contributed by atoms with Gasteiger partial charge in [0.2, 0.25) is 0 Å². The third-order valence-corrected chi connectivity index (χ3v) is 7.12. The van der Waals surface area contributed by atoms with Gasteiger partial charge < -0.3 is 15.1 Å². The summed E-state index contributed by atoms with van der Waals surface area (Å²) < 4.78 is 0. The van der Waals surface area contributed by atoms with Crippen LogP contribution in [0.15, 0.2) is 109 Å². The zero-order valence-corrected chi connectivity index (χ0v) is 23.8. The topological polar surface area (TPSA) is 18.5 Å². The predicted molar refractivity (Wildman–Crippen MR) is 163 cm³/mol. The molecule has 3 heteroatoms. The zero-order chi connectivity index (χ0) is 27.3. The van der Waals surface area contributed by atoms with Gasteiger partial charge in [0.05, 0.1) is 0 Å². The fourth-order valence-electron chi connectivity index (χ4n) is 4.08. The Morgan fingerprint density at radius 2 is 1.54 bits per heavy atom. The lowest BCUT2D eigenvalue weighted by atomic mass is 9.86. The minimum Gasteiger partial charge on any atom is -0.358 e. The van der Waals surface area contributed by atoms with Crippen LogP contribution in [0.2, 0.25) is 0 Å². The van der Waals surface area contributed by atoms with Crippen molar-refractivity contribution in [3.63, 3.8) is 0 Å². The smallest absolute Gasteiger partial charge is 0.0460 e. The summed E-state index contributed by atoms with van der Waals surface area (Å²) >= 11 is 0. The summed E-state index contributed by atoms with van der Waals surface area (Å²) in [6, 6.07) is 17.0. The maximum atomic E-state index is 4.38. The molecule has 0 amide bonds. The van der Waals surface area contributed by atoms with Gasteiger partial charge in [-0.15, -0.1) is 0 Å². The van der Waals surface area contributed by atoms with E-state index >= 15 is 0 Å². The Bertz CT molecular complexity index is 1260. The largest absolute Gasteiger partial charge is 0.358 e. The summed E-state index contributed by atoms with van der Waals surface area (Å²) in [6.07, 6.45) is 8.46. The van der Waals surface area contributed by atoms with Crippen LogP contribution in [0, 0.1) is 12.3 Å². The molecule has 0 spiro atoms. The van der Waals surface area contributed by atoms with Crippen molar-refractivity contribution in [2.24, 2.45) is 5.41 Å². The lowest BCUT2D eigenvalue weighted by molar-refractivity contribution is 0.519. The van der Waals surface area contributed by atoms with E-state index in [4.69, 9.17) is 0 Å². The molecule has 2 aromatic rings. The molecular formula is C34H43N3. The lowest BCUT2D eigenvalue weighted by Gasteiger charge is -2.28. The fraction of sp³-hybridized carbons (Fsp3) is 0.294. The Morgan fingerprint density at radius 3 is 2.08 bits per heavy atom. The monoisotopic (exact) mass is 493 g/mol. The number of allylic oxidation sites excluding steroid dienone is 5. The molecule has 37 heavy (non-hydrogen) atoms. The van der Waals surface area contributed by atoms with Gasteiger partial charge in [-0.3, -0.25) is 0 Å². The molecule has 0 heterocycles. The van der Waals surface area contributed by atoms with Gasteiger partial charge in [-0.05, 0) is 54.2 Å². The fourth-order valence-corrected chi connectivity index (χ4v) is 4.08. The number of nitrogens with one attached hydrogen (secondary N) is 1. The van der Waals surface area contributed by atoms with Crippen molar-refractivity contribution in [1.82, 2.24) is 10.2 Å². The molecule has 0 fully saturated rings. The first-order valence-electron chi connectivity index (χ1n) is 12.9. The molecule has 3 nitrogen and oxygen atoms in total. The lowest BCUT2D eigenvalue weighted by Crippen LogP contribution is -2.20. The van der Waals surface area contributed by atoms with Crippen LogP contribution >= 0.6 is 0 Å². The van der Waals surface area contributed by atoms with Gasteiger partial charge in [0.25, 0.3) is 0 Å². The first-order valence-corrected chi connectivity index (χ1v) is 12.9. The summed E-state index contributed by atoms with van der Waals surface area (Å²) in [7, 11) is 4.13. The number of anilines is 1. The van der Waals surface area contributed by atoms with Gasteiger partial charge in [-0.25, -0.2) is 0 Å². The van der Waals surface area contributed by atoms with Gasteiger partial charge in [-0.2, -0.15) is 0 Å². The molecule has 1 aliphatic rings. The van der Waals surface area contributed by atoms with E-state index in [-0.39, 0.29) is 5.41 Å². The second kappa shape index (κ2) is 11.6. The summed E-state index contributed by atoms with van der Waals surface area (Å²) in [5, 5.41) is 3.73. The van der Waals surface area contributed by atoms with Crippen molar-refractivity contribution >= 4 is 17.1 Å². The van der Waals surface area contributed by atoms with Crippen LogP contribution in [0.4, 0.5) is 5.69 Å². The molecule has 2 aromatic carbocycles. The predicted octanol–water partition coefficient (Wildman–Crippen LogP) is 8.66. The molecule has 0 aliphatic heterocycles. The molecule has 1 aliphatic carbocycles. The second-order valence-corrected chi connectivity index (χ2v) is 11.0. The van der Waals surface area contributed by atoms with E-state index in [1.807, 2.05) is 14.0 Å². The molecule has 194 valence electrons. The van der Waals surface area contributed by atoms with Crippen LogP contribution < -0.4 is 10.2 Å². The minimum atomic E-state index is 0.00480. The van der Waals surface area contributed by atoms with E-state index < -0.39 is 0 Å². The SMILES string of the molecule is C=C(c1ccc(N(C)C(=C)C)cc1)N(C)C1=CCC(N/C(=C/C(=C)C(C)(C)C)c2ccccc2C)=CC1.